The zero-order valence-corrected chi connectivity index (χ0v) is 16.2. The Kier molecular flexibility index (Phi) is 10.3. The van der Waals surface area contributed by atoms with Crippen molar-refractivity contribution >= 4 is 30.7 Å². The molecule has 0 radical (unpaired) electrons. The highest BCUT2D eigenvalue weighted by Crippen LogP contribution is 2.20. The summed E-state index contributed by atoms with van der Waals surface area (Å²) >= 11 is 0. The molecule has 1 aromatic carbocycles. The quantitative estimate of drug-likeness (QED) is 0.853. The molecule has 5 nitrogen and oxygen atoms in total. The van der Waals surface area contributed by atoms with Crippen LogP contribution in [-0.2, 0) is 11.3 Å². The number of benzene rings is 1. The number of para-hydroxylation sites is 1. The van der Waals surface area contributed by atoms with Gasteiger partial charge in [-0.3, -0.25) is 9.69 Å². The Hall–Kier alpha value is -1.01. The summed E-state index contributed by atoms with van der Waals surface area (Å²) in [6, 6.07) is 7.69. The predicted octanol–water partition coefficient (Wildman–Crippen LogP) is 2.17. The first-order chi connectivity index (χ1) is 10.5. The summed E-state index contributed by atoms with van der Waals surface area (Å²) in [5.41, 5.74) is 7.15. The molecule has 2 N–H and O–H groups in total. The lowest BCUT2D eigenvalue weighted by Gasteiger charge is -2.36. The Morgan fingerprint density at radius 3 is 2.29 bits per heavy atom. The van der Waals surface area contributed by atoms with Crippen LogP contribution in [0, 0.1) is 5.92 Å². The molecule has 1 aromatic rings. The topological polar surface area (TPSA) is 58.8 Å². The molecule has 0 spiro atoms. The van der Waals surface area contributed by atoms with Gasteiger partial charge in [0, 0.05) is 38.3 Å². The minimum absolute atomic E-state index is 0. The zero-order valence-electron chi connectivity index (χ0n) is 14.6. The predicted molar refractivity (Wildman–Crippen MR) is 102 cm³/mol. The third-order valence-corrected chi connectivity index (χ3v) is 4.27. The fourth-order valence-electron chi connectivity index (χ4n) is 2.70. The van der Waals surface area contributed by atoms with E-state index in [1.807, 2.05) is 36.9 Å². The Balaban J connectivity index is 0.00000264. The van der Waals surface area contributed by atoms with E-state index in [0.717, 1.165) is 38.5 Å². The number of amides is 1. The molecule has 0 unspecified atom stereocenters. The number of halogens is 2. The van der Waals surface area contributed by atoms with Crippen LogP contribution in [0.15, 0.2) is 24.3 Å². The molecule has 1 fully saturated rings. The van der Waals surface area contributed by atoms with Gasteiger partial charge in [-0.15, -0.1) is 24.8 Å². The van der Waals surface area contributed by atoms with E-state index in [1.54, 1.807) is 7.11 Å². The van der Waals surface area contributed by atoms with Crippen molar-refractivity contribution in [3.05, 3.63) is 29.8 Å². The first-order valence-electron chi connectivity index (χ1n) is 7.91. The van der Waals surface area contributed by atoms with Crippen molar-refractivity contribution in [3.8, 4) is 5.75 Å². The van der Waals surface area contributed by atoms with Crippen LogP contribution in [0.5, 0.6) is 5.75 Å². The molecule has 0 bridgehead atoms. The standard InChI is InChI=1S/C17H27N3O2.2ClH/c1-13(2)16(18)17(21)20-10-8-19(9-11-20)12-14-6-4-5-7-15(14)22-3;;/h4-7,13,16H,8-12,18H2,1-3H3;2*1H/t16-;;/m0../s1. The van der Waals surface area contributed by atoms with Crippen molar-refractivity contribution in [1.29, 1.82) is 0 Å². The number of hydrogen-bond donors (Lipinski definition) is 1. The molecule has 2 rings (SSSR count). The van der Waals surface area contributed by atoms with E-state index in [4.69, 9.17) is 10.5 Å². The number of methoxy groups -OCH3 is 1. The van der Waals surface area contributed by atoms with Gasteiger partial charge in [0.05, 0.1) is 13.2 Å². The van der Waals surface area contributed by atoms with Gasteiger partial charge in [-0.05, 0) is 12.0 Å². The van der Waals surface area contributed by atoms with Crippen molar-refractivity contribution in [2.45, 2.75) is 26.4 Å². The number of nitrogens with two attached hydrogens (primary N) is 1. The van der Waals surface area contributed by atoms with Crippen molar-refractivity contribution in [1.82, 2.24) is 9.80 Å². The minimum atomic E-state index is -0.388. The van der Waals surface area contributed by atoms with Crippen molar-refractivity contribution in [3.63, 3.8) is 0 Å². The number of nitrogens with zero attached hydrogens (tertiary/aromatic N) is 2. The highest BCUT2D eigenvalue weighted by atomic mass is 35.5. The lowest BCUT2D eigenvalue weighted by molar-refractivity contribution is -0.135. The lowest BCUT2D eigenvalue weighted by Crippen LogP contribution is -2.54. The van der Waals surface area contributed by atoms with E-state index in [-0.39, 0.29) is 42.7 Å². The molecular weight excluding hydrogens is 349 g/mol. The van der Waals surface area contributed by atoms with E-state index in [0.29, 0.717) is 0 Å². The summed E-state index contributed by atoms with van der Waals surface area (Å²) in [7, 11) is 1.70. The number of carbonyl (C=O) groups excluding carboxylic acids is 1. The largest absolute Gasteiger partial charge is 0.496 e. The van der Waals surface area contributed by atoms with Gasteiger partial charge in [-0.1, -0.05) is 32.0 Å². The Morgan fingerprint density at radius 1 is 1.17 bits per heavy atom. The van der Waals surface area contributed by atoms with Crippen LogP contribution in [-0.4, -0.2) is 55.0 Å². The first-order valence-corrected chi connectivity index (χ1v) is 7.91. The SMILES string of the molecule is COc1ccccc1CN1CCN(C(=O)[C@@H](N)C(C)C)CC1.Cl.Cl. The molecule has 138 valence electrons. The number of hydrogen-bond acceptors (Lipinski definition) is 4. The number of ether oxygens (including phenoxy) is 1. The Bertz CT molecular complexity index is 506. The molecule has 0 aliphatic carbocycles. The number of carbonyl (C=O) groups is 1. The van der Waals surface area contributed by atoms with Gasteiger partial charge in [0.15, 0.2) is 0 Å². The highest BCUT2D eigenvalue weighted by molar-refractivity contribution is 5.85. The summed E-state index contributed by atoms with van der Waals surface area (Å²) in [4.78, 5) is 16.5. The van der Waals surface area contributed by atoms with E-state index in [9.17, 15) is 4.79 Å². The second-order valence-electron chi connectivity index (χ2n) is 6.18. The molecule has 1 aliphatic heterocycles. The second kappa shape index (κ2) is 10.8. The second-order valence-corrected chi connectivity index (χ2v) is 6.18. The lowest BCUT2D eigenvalue weighted by atomic mass is 10.0. The van der Waals surface area contributed by atoms with Crippen LogP contribution < -0.4 is 10.5 Å². The molecule has 1 heterocycles. The van der Waals surface area contributed by atoms with Gasteiger partial charge in [0.25, 0.3) is 0 Å². The highest BCUT2D eigenvalue weighted by Gasteiger charge is 2.27. The van der Waals surface area contributed by atoms with Gasteiger partial charge in [-0.25, -0.2) is 0 Å². The van der Waals surface area contributed by atoms with Crippen LogP contribution in [0.25, 0.3) is 0 Å². The number of rotatable bonds is 5. The average molecular weight is 378 g/mol. The van der Waals surface area contributed by atoms with Gasteiger partial charge < -0.3 is 15.4 Å². The third-order valence-electron chi connectivity index (χ3n) is 4.27. The summed E-state index contributed by atoms with van der Waals surface area (Å²) in [5, 5.41) is 0. The van der Waals surface area contributed by atoms with E-state index < -0.39 is 0 Å². The minimum Gasteiger partial charge on any atom is -0.496 e. The van der Waals surface area contributed by atoms with Crippen LogP contribution in [0.2, 0.25) is 0 Å². The van der Waals surface area contributed by atoms with Crippen LogP contribution in [0.1, 0.15) is 19.4 Å². The van der Waals surface area contributed by atoms with Crippen molar-refractivity contribution < 1.29 is 9.53 Å². The Labute approximate surface area is 157 Å². The van der Waals surface area contributed by atoms with Crippen molar-refractivity contribution in [2.24, 2.45) is 11.7 Å². The van der Waals surface area contributed by atoms with Crippen LogP contribution in [0.4, 0.5) is 0 Å². The zero-order chi connectivity index (χ0) is 16.1. The maximum absolute atomic E-state index is 12.3. The summed E-state index contributed by atoms with van der Waals surface area (Å²) in [5.74, 6) is 1.17. The molecule has 0 aromatic heterocycles. The van der Waals surface area contributed by atoms with Crippen LogP contribution in [0.3, 0.4) is 0 Å². The maximum Gasteiger partial charge on any atom is 0.239 e. The monoisotopic (exact) mass is 377 g/mol. The third kappa shape index (κ3) is 5.81. The van der Waals surface area contributed by atoms with Gasteiger partial charge in [-0.2, -0.15) is 0 Å². The molecule has 0 saturated carbocycles. The molecule has 24 heavy (non-hydrogen) atoms. The smallest absolute Gasteiger partial charge is 0.239 e. The van der Waals surface area contributed by atoms with E-state index in [2.05, 4.69) is 11.0 Å². The van der Waals surface area contributed by atoms with Crippen LogP contribution >= 0.6 is 24.8 Å². The molecule has 1 aliphatic rings. The fourth-order valence-corrected chi connectivity index (χ4v) is 2.70. The normalized spacial score (nSPS) is 16.1. The average Bonchev–Trinajstić information content (AvgIpc) is 2.54. The number of piperazine rings is 1. The van der Waals surface area contributed by atoms with E-state index in [1.165, 1.54) is 5.56 Å². The van der Waals surface area contributed by atoms with Gasteiger partial charge in [0.1, 0.15) is 5.75 Å². The van der Waals surface area contributed by atoms with Gasteiger partial charge >= 0.3 is 0 Å². The maximum atomic E-state index is 12.3. The Morgan fingerprint density at radius 2 is 1.75 bits per heavy atom. The summed E-state index contributed by atoms with van der Waals surface area (Å²) in [6.07, 6.45) is 0. The molecule has 1 saturated heterocycles. The van der Waals surface area contributed by atoms with Gasteiger partial charge in [0.2, 0.25) is 5.91 Å². The first kappa shape index (κ1) is 23.0. The fraction of sp³-hybridized carbons (Fsp3) is 0.588. The molecule has 1 atom stereocenters. The molecule has 1 amide bonds. The summed E-state index contributed by atoms with van der Waals surface area (Å²) in [6.45, 7) is 8.05. The van der Waals surface area contributed by atoms with Crippen molar-refractivity contribution in [2.75, 3.05) is 33.3 Å². The molecule has 7 heteroatoms. The molecular formula is C17H29Cl2N3O2. The van der Waals surface area contributed by atoms with E-state index >= 15 is 0 Å². The summed E-state index contributed by atoms with van der Waals surface area (Å²) < 4.78 is 5.40.